The van der Waals surface area contributed by atoms with E-state index in [-0.39, 0.29) is 11.8 Å². The van der Waals surface area contributed by atoms with E-state index in [0.717, 1.165) is 48.5 Å². The number of amides is 2. The molecule has 0 atom stereocenters. The van der Waals surface area contributed by atoms with E-state index in [2.05, 4.69) is 80.1 Å². The highest BCUT2D eigenvalue weighted by Gasteiger charge is 2.25. The molecule has 0 aliphatic carbocycles. The predicted octanol–water partition coefficient (Wildman–Crippen LogP) is 3.11. The monoisotopic (exact) mass is 575 g/mol. The highest BCUT2D eigenvalue weighted by molar-refractivity contribution is 5.99. The molecule has 3 aromatic heterocycles. The second-order valence-electron chi connectivity index (χ2n) is 10.8. The molecule has 0 spiro atoms. The van der Waals surface area contributed by atoms with E-state index in [4.69, 9.17) is 0 Å². The van der Waals surface area contributed by atoms with E-state index in [0.29, 0.717) is 43.1 Å². The Bertz CT molecular complexity index is 1690. The molecule has 6 rings (SSSR count). The van der Waals surface area contributed by atoms with Gasteiger partial charge in [-0.15, -0.1) is 0 Å². The fraction of sp³-hybridized carbons (Fsp3) is 0.281. The van der Waals surface area contributed by atoms with Gasteiger partial charge in [0.05, 0.1) is 23.0 Å². The first-order chi connectivity index (χ1) is 20.9. The first-order valence-corrected chi connectivity index (χ1v) is 14.3. The number of nitrogens with one attached hydrogen (secondary N) is 1. The third-order valence-electron chi connectivity index (χ3n) is 8.14. The van der Waals surface area contributed by atoms with Gasteiger partial charge in [-0.1, -0.05) is 18.7 Å². The largest absolute Gasteiger partial charge is 0.369 e. The standard InChI is InChI=1S/C32H33N9O2/c1-3-30(42)36-29-9-6-24(20-34-29)32(43)40-16-14-39(15-17-40)28-18-25(22-41-31(28)26(19-33)21-35-41)23-4-7-27(8-5-23)38-12-10-37(2)11-13-38/h3-9,18,20-22H,1,10-17H2,2H3,(H,34,36,42). The summed E-state index contributed by atoms with van der Waals surface area (Å²) in [5, 5.41) is 16.9. The Morgan fingerprint density at radius 2 is 1.65 bits per heavy atom. The van der Waals surface area contributed by atoms with Crippen LogP contribution >= 0.6 is 0 Å². The van der Waals surface area contributed by atoms with Crippen molar-refractivity contribution in [1.82, 2.24) is 24.4 Å². The third-order valence-corrected chi connectivity index (χ3v) is 8.14. The molecule has 0 bridgehead atoms. The Labute approximate surface area is 250 Å². The van der Waals surface area contributed by atoms with Crippen LogP contribution < -0.4 is 15.1 Å². The number of hydrogen-bond acceptors (Lipinski definition) is 8. The zero-order valence-corrected chi connectivity index (χ0v) is 24.1. The second kappa shape index (κ2) is 12.0. The summed E-state index contributed by atoms with van der Waals surface area (Å²) in [6, 6.07) is 16.3. The van der Waals surface area contributed by atoms with Crippen molar-refractivity contribution in [3.05, 3.63) is 84.8 Å². The molecule has 2 aliphatic heterocycles. The summed E-state index contributed by atoms with van der Waals surface area (Å²) < 4.78 is 1.79. The normalized spacial score (nSPS) is 15.8. The van der Waals surface area contributed by atoms with Crippen LogP contribution in [0.25, 0.3) is 16.6 Å². The van der Waals surface area contributed by atoms with Crippen molar-refractivity contribution in [2.45, 2.75) is 0 Å². The number of benzene rings is 1. The molecule has 2 aliphatic rings. The average molecular weight is 576 g/mol. The summed E-state index contributed by atoms with van der Waals surface area (Å²) in [6.07, 6.45) is 6.21. The molecule has 2 amide bonds. The van der Waals surface area contributed by atoms with E-state index in [1.165, 1.54) is 18.0 Å². The number of rotatable bonds is 6. The second-order valence-corrected chi connectivity index (χ2v) is 10.8. The number of aromatic nitrogens is 3. The number of hydrogen-bond donors (Lipinski definition) is 1. The molecule has 0 radical (unpaired) electrons. The van der Waals surface area contributed by atoms with Crippen molar-refractivity contribution in [3.63, 3.8) is 0 Å². The number of nitriles is 1. The number of nitrogens with zero attached hydrogens (tertiary/aromatic N) is 8. The Morgan fingerprint density at radius 1 is 0.930 bits per heavy atom. The van der Waals surface area contributed by atoms with E-state index >= 15 is 0 Å². The molecule has 1 aromatic carbocycles. The van der Waals surface area contributed by atoms with Gasteiger partial charge in [-0.2, -0.15) is 10.4 Å². The van der Waals surface area contributed by atoms with Crippen molar-refractivity contribution in [2.75, 3.05) is 74.5 Å². The molecule has 1 N–H and O–H groups in total. The van der Waals surface area contributed by atoms with Gasteiger partial charge in [0.1, 0.15) is 17.4 Å². The van der Waals surface area contributed by atoms with Gasteiger partial charge >= 0.3 is 0 Å². The lowest BCUT2D eigenvalue weighted by molar-refractivity contribution is -0.111. The number of likely N-dealkylation sites (N-methyl/N-ethyl adjacent to an activating group) is 1. The lowest BCUT2D eigenvalue weighted by atomic mass is 10.0. The summed E-state index contributed by atoms with van der Waals surface area (Å²) in [5.74, 6) is -0.116. The topological polar surface area (TPSA) is 113 Å². The van der Waals surface area contributed by atoms with Crippen LogP contribution in [-0.2, 0) is 4.79 Å². The predicted molar refractivity (Wildman–Crippen MR) is 166 cm³/mol. The van der Waals surface area contributed by atoms with Crippen LogP contribution in [-0.4, -0.2) is 95.6 Å². The summed E-state index contributed by atoms with van der Waals surface area (Å²) in [4.78, 5) is 37.7. The van der Waals surface area contributed by atoms with Crippen LogP contribution in [0.15, 0.2) is 73.7 Å². The minimum atomic E-state index is -0.360. The number of piperazine rings is 2. The lowest BCUT2D eigenvalue weighted by Gasteiger charge is -2.36. The van der Waals surface area contributed by atoms with Gasteiger partial charge in [-0.05, 0) is 49.0 Å². The number of fused-ring (bicyclic) bond motifs is 1. The van der Waals surface area contributed by atoms with Crippen LogP contribution in [0, 0.1) is 11.3 Å². The minimum Gasteiger partial charge on any atom is -0.369 e. The molecule has 2 fully saturated rings. The van der Waals surface area contributed by atoms with E-state index in [9.17, 15) is 14.9 Å². The Hall–Kier alpha value is -5.21. The van der Waals surface area contributed by atoms with Crippen molar-refractivity contribution >= 4 is 34.5 Å². The van der Waals surface area contributed by atoms with E-state index in [1.807, 2.05) is 6.20 Å². The first-order valence-electron chi connectivity index (χ1n) is 14.3. The molecule has 4 aromatic rings. The third kappa shape index (κ3) is 5.78. The smallest absolute Gasteiger partial charge is 0.255 e. The molecule has 11 heteroatoms. The van der Waals surface area contributed by atoms with E-state index in [1.54, 1.807) is 27.7 Å². The molecule has 5 heterocycles. The van der Waals surface area contributed by atoms with Crippen LogP contribution in [0.1, 0.15) is 15.9 Å². The molecular formula is C32H33N9O2. The number of carbonyl (C=O) groups excluding carboxylic acids is 2. The van der Waals surface area contributed by atoms with Gasteiger partial charge in [0.15, 0.2) is 0 Å². The zero-order chi connectivity index (χ0) is 29.9. The van der Waals surface area contributed by atoms with Gasteiger partial charge in [-0.25, -0.2) is 9.50 Å². The summed E-state index contributed by atoms with van der Waals surface area (Å²) >= 11 is 0. The molecule has 218 valence electrons. The molecule has 43 heavy (non-hydrogen) atoms. The Kier molecular flexibility index (Phi) is 7.77. The fourth-order valence-corrected chi connectivity index (χ4v) is 5.61. The van der Waals surface area contributed by atoms with Gasteiger partial charge in [0, 0.05) is 76.0 Å². The minimum absolute atomic E-state index is 0.116. The maximum absolute atomic E-state index is 13.2. The lowest BCUT2D eigenvalue weighted by Crippen LogP contribution is -2.49. The molecule has 2 saturated heterocycles. The number of anilines is 3. The summed E-state index contributed by atoms with van der Waals surface area (Å²) in [5.41, 5.74) is 5.96. The van der Waals surface area contributed by atoms with Gasteiger partial charge < -0.3 is 24.9 Å². The quantitative estimate of drug-likeness (QED) is 0.349. The molecule has 0 saturated carbocycles. The zero-order valence-electron chi connectivity index (χ0n) is 24.1. The van der Waals surface area contributed by atoms with Crippen molar-refractivity contribution < 1.29 is 9.59 Å². The fourth-order valence-electron chi connectivity index (χ4n) is 5.61. The number of pyridine rings is 2. The van der Waals surface area contributed by atoms with Crippen molar-refractivity contribution in [2.24, 2.45) is 0 Å². The Morgan fingerprint density at radius 3 is 2.30 bits per heavy atom. The average Bonchev–Trinajstić information content (AvgIpc) is 3.48. The van der Waals surface area contributed by atoms with Gasteiger partial charge in [-0.3, -0.25) is 9.59 Å². The van der Waals surface area contributed by atoms with Crippen LogP contribution in [0.2, 0.25) is 0 Å². The Balaban J connectivity index is 1.20. The SMILES string of the molecule is C=CC(=O)Nc1ccc(C(=O)N2CCN(c3cc(-c4ccc(N5CCN(C)CC5)cc4)cn4ncc(C#N)c34)CC2)cn1. The molecular weight excluding hydrogens is 542 g/mol. The van der Waals surface area contributed by atoms with Gasteiger partial charge in [0.2, 0.25) is 5.91 Å². The first kappa shape index (κ1) is 27.9. The van der Waals surface area contributed by atoms with Crippen molar-refractivity contribution in [1.29, 1.82) is 5.26 Å². The van der Waals surface area contributed by atoms with Crippen LogP contribution in [0.4, 0.5) is 17.2 Å². The van der Waals surface area contributed by atoms with Crippen LogP contribution in [0.5, 0.6) is 0 Å². The van der Waals surface area contributed by atoms with E-state index < -0.39 is 0 Å². The molecule has 0 unspecified atom stereocenters. The summed E-state index contributed by atoms with van der Waals surface area (Å²) in [6.45, 7) is 9.80. The van der Waals surface area contributed by atoms with Gasteiger partial charge in [0.25, 0.3) is 5.91 Å². The number of carbonyl (C=O) groups is 2. The van der Waals surface area contributed by atoms with Crippen molar-refractivity contribution in [3.8, 4) is 17.2 Å². The maximum Gasteiger partial charge on any atom is 0.255 e. The van der Waals surface area contributed by atoms with Crippen LogP contribution in [0.3, 0.4) is 0 Å². The maximum atomic E-state index is 13.2. The summed E-state index contributed by atoms with van der Waals surface area (Å²) in [7, 11) is 2.16. The highest BCUT2D eigenvalue weighted by atomic mass is 16.2. The highest BCUT2D eigenvalue weighted by Crippen LogP contribution is 2.32. The molecule has 11 nitrogen and oxygen atoms in total.